The van der Waals surface area contributed by atoms with Crippen molar-refractivity contribution >= 4 is 25.7 Å². The number of carbonyl (C=O) groups excluding carboxylic acids is 2. The minimum Gasteiger partial charge on any atom is -0.480 e. The molecule has 1 unspecified atom stereocenters. The Hall–Kier alpha value is -3.08. The fourth-order valence-corrected chi connectivity index (χ4v) is 6.28. The Morgan fingerprint density at radius 1 is 0.552 bits per heavy atom. The van der Waals surface area contributed by atoms with Crippen LogP contribution in [0.2, 0.25) is 0 Å². The Morgan fingerprint density at radius 3 is 1.52 bits per heavy atom. The normalized spacial score (nSPS) is 14.4. The molecule has 4 N–H and O–H groups in total. The molecule has 0 saturated heterocycles. The molecule has 0 bridgehead atoms. The average molecular weight is 836 g/mol. The van der Waals surface area contributed by atoms with Gasteiger partial charge < -0.3 is 25.2 Å². The lowest BCUT2D eigenvalue weighted by molar-refractivity contribution is -0.161. The number of allylic oxidation sites excluding steroid dienone is 12. The maximum absolute atomic E-state index is 12.6. The molecule has 0 fully saturated rings. The predicted molar refractivity (Wildman–Crippen MR) is 235 cm³/mol. The Kier molecular flexibility index (Phi) is 38.5. The molecule has 0 aromatic carbocycles. The molecule has 0 aliphatic rings. The second-order valence-corrected chi connectivity index (χ2v) is 15.9. The second-order valence-electron chi connectivity index (χ2n) is 14.4. The van der Waals surface area contributed by atoms with E-state index in [4.69, 9.17) is 24.8 Å². The Bertz CT molecular complexity index is 1260. The maximum atomic E-state index is 12.6. The van der Waals surface area contributed by atoms with Gasteiger partial charge in [-0.2, -0.15) is 0 Å². The molecule has 12 heteroatoms. The van der Waals surface area contributed by atoms with Crippen LogP contribution in [-0.2, 0) is 37.5 Å². The first kappa shape index (κ1) is 54.9. The summed E-state index contributed by atoms with van der Waals surface area (Å²) in [5.41, 5.74) is 5.33. The zero-order valence-electron chi connectivity index (χ0n) is 35.9. The third-order valence-electron chi connectivity index (χ3n) is 8.94. The molecule has 11 nitrogen and oxygen atoms in total. The van der Waals surface area contributed by atoms with Gasteiger partial charge in [0.05, 0.1) is 13.2 Å². The van der Waals surface area contributed by atoms with Crippen LogP contribution in [-0.4, -0.2) is 59.9 Å². The standard InChI is InChI=1S/C46H78NO10P/c1-3-5-7-9-11-13-15-17-19-21-23-25-27-29-31-33-35-37-44(48)54-39-42(40-55-58(52,53)56-41-43(47)46(50)51)57-45(49)38-36-34-32-30-28-26-24-22-20-18-16-14-12-10-8-6-4-2/h6,8,12,14,17-20,24,26,30,32,42-43H,3-5,7,9-11,13,15-16,21-23,25,27-29,31,33-41,47H2,1-2H3,(H,50,51)(H,52,53)/b8-6+,14-12+,19-17+,20-18+,26-24+,32-30+/t42-,43+/m1/s1. The van der Waals surface area contributed by atoms with Crippen LogP contribution in [0.5, 0.6) is 0 Å². The molecule has 332 valence electrons. The number of hydrogen-bond donors (Lipinski definition) is 3. The first-order valence-electron chi connectivity index (χ1n) is 22.0. The van der Waals surface area contributed by atoms with Gasteiger partial charge in [0, 0.05) is 12.8 Å². The zero-order chi connectivity index (χ0) is 42.8. The van der Waals surface area contributed by atoms with Crippen LogP contribution in [0, 0.1) is 0 Å². The number of unbranched alkanes of at least 4 members (excludes halogenated alkanes) is 14. The monoisotopic (exact) mass is 836 g/mol. The lowest BCUT2D eigenvalue weighted by Gasteiger charge is -2.20. The molecule has 0 aromatic heterocycles. The van der Waals surface area contributed by atoms with Crippen LogP contribution in [0.1, 0.15) is 168 Å². The number of ether oxygens (including phenoxy) is 2. The zero-order valence-corrected chi connectivity index (χ0v) is 36.8. The third kappa shape index (κ3) is 39.7. The molecule has 0 aliphatic heterocycles. The number of esters is 2. The topological polar surface area (TPSA) is 172 Å². The number of rotatable bonds is 40. The van der Waals surface area contributed by atoms with Crippen molar-refractivity contribution < 1.29 is 47.5 Å². The minimum absolute atomic E-state index is 0.0788. The van der Waals surface area contributed by atoms with Crippen molar-refractivity contribution in [2.75, 3.05) is 19.8 Å². The predicted octanol–water partition coefficient (Wildman–Crippen LogP) is 11.7. The Balaban J connectivity index is 4.47. The summed E-state index contributed by atoms with van der Waals surface area (Å²) < 4.78 is 32.6. The van der Waals surface area contributed by atoms with Crippen molar-refractivity contribution in [2.24, 2.45) is 5.73 Å². The lowest BCUT2D eigenvalue weighted by Crippen LogP contribution is -2.34. The van der Waals surface area contributed by atoms with Crippen molar-refractivity contribution in [1.82, 2.24) is 0 Å². The number of phosphoric ester groups is 1. The molecule has 0 aromatic rings. The number of nitrogens with two attached hydrogens (primary N) is 1. The lowest BCUT2D eigenvalue weighted by atomic mass is 10.1. The summed E-state index contributed by atoms with van der Waals surface area (Å²) in [5, 5.41) is 8.89. The second kappa shape index (κ2) is 40.7. The Labute approximate surface area is 350 Å². The van der Waals surface area contributed by atoms with Crippen molar-refractivity contribution in [2.45, 2.75) is 180 Å². The van der Waals surface area contributed by atoms with E-state index in [-0.39, 0.29) is 19.4 Å². The van der Waals surface area contributed by atoms with Crippen molar-refractivity contribution in [1.29, 1.82) is 0 Å². The van der Waals surface area contributed by atoms with Gasteiger partial charge in [-0.3, -0.25) is 23.4 Å². The van der Waals surface area contributed by atoms with E-state index in [9.17, 15) is 23.8 Å². The summed E-state index contributed by atoms with van der Waals surface area (Å²) in [6.07, 6.45) is 48.3. The number of aliphatic carboxylic acids is 1. The van der Waals surface area contributed by atoms with Crippen molar-refractivity contribution in [3.63, 3.8) is 0 Å². The molecule has 0 rings (SSSR count). The van der Waals surface area contributed by atoms with Crippen molar-refractivity contribution in [3.05, 3.63) is 72.9 Å². The van der Waals surface area contributed by atoms with Crippen LogP contribution in [0.3, 0.4) is 0 Å². The molecule has 0 amide bonds. The fourth-order valence-electron chi connectivity index (χ4n) is 5.51. The van der Waals surface area contributed by atoms with E-state index in [1.807, 2.05) is 12.2 Å². The number of phosphoric acid groups is 1. The number of carbonyl (C=O) groups is 3. The Morgan fingerprint density at radius 2 is 0.983 bits per heavy atom. The summed E-state index contributed by atoms with van der Waals surface area (Å²) >= 11 is 0. The van der Waals surface area contributed by atoms with Gasteiger partial charge in [-0.1, -0.05) is 151 Å². The van der Waals surface area contributed by atoms with E-state index >= 15 is 0 Å². The molecule has 3 atom stereocenters. The average Bonchev–Trinajstić information content (AvgIpc) is 3.20. The molecule has 0 heterocycles. The van der Waals surface area contributed by atoms with E-state index in [1.165, 1.54) is 64.2 Å². The van der Waals surface area contributed by atoms with Gasteiger partial charge in [0.2, 0.25) is 0 Å². The van der Waals surface area contributed by atoms with E-state index in [2.05, 4.69) is 79.1 Å². The van der Waals surface area contributed by atoms with E-state index in [1.54, 1.807) is 0 Å². The smallest absolute Gasteiger partial charge is 0.472 e. The van der Waals surface area contributed by atoms with Crippen molar-refractivity contribution in [3.8, 4) is 0 Å². The van der Waals surface area contributed by atoms with Crippen LogP contribution in [0.15, 0.2) is 72.9 Å². The first-order valence-corrected chi connectivity index (χ1v) is 23.5. The summed E-state index contributed by atoms with van der Waals surface area (Å²) in [6, 6.07) is -1.53. The third-order valence-corrected chi connectivity index (χ3v) is 9.89. The fraction of sp³-hybridized carbons (Fsp3) is 0.674. The highest BCUT2D eigenvalue weighted by Crippen LogP contribution is 2.43. The van der Waals surface area contributed by atoms with Crippen LogP contribution < -0.4 is 5.73 Å². The van der Waals surface area contributed by atoms with Crippen LogP contribution in [0.4, 0.5) is 0 Å². The highest BCUT2D eigenvalue weighted by molar-refractivity contribution is 7.47. The van der Waals surface area contributed by atoms with Gasteiger partial charge in [0.15, 0.2) is 6.10 Å². The molecule has 0 saturated carbocycles. The molecule has 58 heavy (non-hydrogen) atoms. The van der Waals surface area contributed by atoms with E-state index in [0.717, 1.165) is 57.8 Å². The van der Waals surface area contributed by atoms with Gasteiger partial charge in [-0.25, -0.2) is 4.57 Å². The molecule has 0 radical (unpaired) electrons. The number of carboxylic acids is 1. The summed E-state index contributed by atoms with van der Waals surface area (Å²) in [4.78, 5) is 45.9. The minimum atomic E-state index is -4.74. The number of hydrogen-bond acceptors (Lipinski definition) is 9. The van der Waals surface area contributed by atoms with Gasteiger partial charge in [0.1, 0.15) is 12.6 Å². The van der Waals surface area contributed by atoms with Gasteiger partial charge in [-0.05, 0) is 77.0 Å². The molecular formula is C46H78NO10P. The highest BCUT2D eigenvalue weighted by Gasteiger charge is 2.28. The summed E-state index contributed by atoms with van der Waals surface area (Å²) in [5.74, 6) is -2.47. The van der Waals surface area contributed by atoms with Gasteiger partial charge in [-0.15, -0.1) is 0 Å². The largest absolute Gasteiger partial charge is 0.480 e. The van der Waals surface area contributed by atoms with Crippen LogP contribution >= 0.6 is 7.82 Å². The van der Waals surface area contributed by atoms with E-state index in [0.29, 0.717) is 19.3 Å². The first-order chi connectivity index (χ1) is 28.1. The summed E-state index contributed by atoms with van der Waals surface area (Å²) in [6.45, 7) is 2.61. The molecule has 0 spiro atoms. The quantitative estimate of drug-likeness (QED) is 0.0232. The number of carboxylic acid groups (broad SMARTS) is 1. The SMILES string of the molecule is CC/C=C/C/C=C/C/C=C/C/C=C/C/C=C/CCCC(=O)O[C@H](COC(=O)CCCCCCCCC/C=C/CCCCCCCC)COP(=O)(O)OC[C@H](N)C(=O)O. The van der Waals surface area contributed by atoms with E-state index < -0.39 is 51.1 Å². The van der Waals surface area contributed by atoms with Gasteiger partial charge in [0.25, 0.3) is 0 Å². The van der Waals surface area contributed by atoms with Crippen LogP contribution in [0.25, 0.3) is 0 Å². The molecule has 0 aliphatic carbocycles. The highest BCUT2D eigenvalue weighted by atomic mass is 31.2. The maximum Gasteiger partial charge on any atom is 0.472 e. The van der Waals surface area contributed by atoms with Gasteiger partial charge >= 0.3 is 25.7 Å². The molecular weight excluding hydrogens is 757 g/mol. The summed E-state index contributed by atoms with van der Waals surface area (Å²) in [7, 11) is -4.74.